The van der Waals surface area contributed by atoms with E-state index in [9.17, 15) is 22.8 Å². The number of halogens is 4. The summed E-state index contributed by atoms with van der Waals surface area (Å²) in [4.78, 5) is 3.99. The van der Waals surface area contributed by atoms with Crippen molar-refractivity contribution < 1.29 is 17.6 Å². The zero-order valence-electron chi connectivity index (χ0n) is 16.3. The summed E-state index contributed by atoms with van der Waals surface area (Å²) in [7, 11) is 0. The third-order valence-electron chi connectivity index (χ3n) is 5.51. The molecule has 0 atom stereocenters. The molecule has 0 aliphatic heterocycles. The third-order valence-corrected chi connectivity index (χ3v) is 5.51. The lowest BCUT2D eigenvalue weighted by molar-refractivity contribution is 0.509. The highest BCUT2D eigenvalue weighted by molar-refractivity contribution is 6.25. The van der Waals surface area contributed by atoms with Crippen molar-refractivity contribution in [3.05, 3.63) is 107 Å². The van der Waals surface area contributed by atoms with Crippen molar-refractivity contribution in [3.63, 3.8) is 0 Å². The maximum Gasteiger partial charge on any atom is 0.206 e. The van der Waals surface area contributed by atoms with Gasteiger partial charge in [0.15, 0.2) is 23.3 Å². The molecule has 0 bridgehead atoms. The van der Waals surface area contributed by atoms with Gasteiger partial charge in [-0.2, -0.15) is 10.3 Å². The maximum atomic E-state index is 13.7. The van der Waals surface area contributed by atoms with E-state index >= 15 is 0 Å². The fourth-order valence-corrected chi connectivity index (χ4v) is 3.98. The molecule has 5 rings (SSSR count). The van der Waals surface area contributed by atoms with Gasteiger partial charge in [0, 0.05) is 11.1 Å². The normalized spacial score (nSPS) is 11.7. The molecule has 0 unspecified atom stereocenters. The predicted octanol–water partition coefficient (Wildman–Crippen LogP) is 6.88. The molecule has 1 aliphatic carbocycles. The van der Waals surface area contributed by atoms with E-state index in [2.05, 4.69) is 4.99 Å². The fourth-order valence-electron chi connectivity index (χ4n) is 3.98. The molecule has 6 heteroatoms. The Kier molecular flexibility index (Phi) is 4.60. The van der Waals surface area contributed by atoms with E-state index in [1.54, 1.807) is 24.3 Å². The first-order valence-electron chi connectivity index (χ1n) is 9.63. The summed E-state index contributed by atoms with van der Waals surface area (Å²) in [5.74, 6) is -3.76. The number of hydrogen-bond acceptors (Lipinski definition) is 2. The van der Waals surface area contributed by atoms with E-state index in [-0.39, 0.29) is 0 Å². The van der Waals surface area contributed by atoms with Crippen LogP contribution in [0.5, 0.6) is 0 Å². The maximum absolute atomic E-state index is 13.7. The molecule has 0 saturated heterocycles. The van der Waals surface area contributed by atoms with Gasteiger partial charge in [-0.15, -0.1) is 0 Å². The van der Waals surface area contributed by atoms with E-state index in [1.807, 2.05) is 18.3 Å². The minimum Gasteiger partial charge on any atom is -0.204 e. The van der Waals surface area contributed by atoms with Gasteiger partial charge in [-0.3, -0.25) is 0 Å². The zero-order valence-corrected chi connectivity index (χ0v) is 16.3. The first-order valence-corrected chi connectivity index (χ1v) is 9.63. The predicted molar refractivity (Wildman–Crippen MR) is 114 cm³/mol. The number of aliphatic imine (C=N–C) groups is 1. The van der Waals surface area contributed by atoms with Crippen LogP contribution in [0.3, 0.4) is 0 Å². The Hall–Kier alpha value is -4.24. The van der Waals surface area contributed by atoms with Gasteiger partial charge in [-0.25, -0.2) is 17.6 Å². The summed E-state index contributed by atoms with van der Waals surface area (Å²) in [5.41, 5.74) is 5.69. The standard InChI is InChI=1S/C26H12F4N2/c27-22-7-3-16(11-24(22)29)14-1-5-18-19-6-2-15(17-4-8-23(28)25(30)12-17)10-21(19)26(32-13-31)20(18)9-14/h1-12H. The van der Waals surface area contributed by atoms with Gasteiger partial charge < -0.3 is 0 Å². The van der Waals surface area contributed by atoms with Crippen LogP contribution in [-0.2, 0) is 0 Å². The van der Waals surface area contributed by atoms with Crippen LogP contribution in [0.2, 0.25) is 0 Å². The van der Waals surface area contributed by atoms with Crippen LogP contribution in [0.15, 0.2) is 77.8 Å². The minimum absolute atomic E-state index is 0.423. The quantitative estimate of drug-likeness (QED) is 0.223. The lowest BCUT2D eigenvalue weighted by atomic mass is 9.98. The van der Waals surface area contributed by atoms with Crippen molar-refractivity contribution in [1.29, 1.82) is 5.26 Å². The van der Waals surface area contributed by atoms with E-state index < -0.39 is 23.3 Å². The van der Waals surface area contributed by atoms with Crippen molar-refractivity contribution >= 4 is 5.71 Å². The number of fused-ring (bicyclic) bond motifs is 3. The molecule has 0 radical (unpaired) electrons. The summed E-state index contributed by atoms with van der Waals surface area (Å²) in [5, 5.41) is 9.26. The van der Waals surface area contributed by atoms with Crippen LogP contribution in [0, 0.1) is 34.7 Å². The van der Waals surface area contributed by atoms with Gasteiger partial charge in [-0.1, -0.05) is 36.4 Å². The van der Waals surface area contributed by atoms with Crippen molar-refractivity contribution in [2.75, 3.05) is 0 Å². The molecule has 4 aromatic rings. The molecule has 0 saturated carbocycles. The zero-order chi connectivity index (χ0) is 22.4. The van der Waals surface area contributed by atoms with Gasteiger partial charge >= 0.3 is 0 Å². The summed E-state index contributed by atoms with van der Waals surface area (Å²) in [6.07, 6.45) is 1.81. The average molecular weight is 428 g/mol. The number of nitriles is 1. The molecule has 1 aliphatic rings. The first kappa shape index (κ1) is 19.7. The van der Waals surface area contributed by atoms with Crippen molar-refractivity contribution in [2.45, 2.75) is 0 Å². The second kappa shape index (κ2) is 7.47. The Morgan fingerprint density at radius 3 is 1.31 bits per heavy atom. The number of hydrogen-bond donors (Lipinski definition) is 0. The van der Waals surface area contributed by atoms with Crippen LogP contribution in [-0.4, -0.2) is 5.71 Å². The molecule has 0 aromatic heterocycles. The van der Waals surface area contributed by atoms with E-state index in [0.29, 0.717) is 39.1 Å². The SMILES string of the molecule is N#CN=C1c2cc(-c3ccc(F)c(F)c3)ccc2-c2ccc(-c3ccc(F)c(F)c3)cc21. The van der Waals surface area contributed by atoms with E-state index in [4.69, 9.17) is 0 Å². The van der Waals surface area contributed by atoms with E-state index in [1.165, 1.54) is 12.1 Å². The van der Waals surface area contributed by atoms with Gasteiger partial charge in [0.2, 0.25) is 6.19 Å². The van der Waals surface area contributed by atoms with Crippen LogP contribution in [0.4, 0.5) is 17.6 Å². The molecule has 0 spiro atoms. The molecule has 32 heavy (non-hydrogen) atoms. The van der Waals surface area contributed by atoms with Crippen molar-refractivity contribution in [2.24, 2.45) is 4.99 Å². The van der Waals surface area contributed by atoms with Gasteiger partial charge in [0.1, 0.15) is 0 Å². The smallest absolute Gasteiger partial charge is 0.204 e. The summed E-state index contributed by atoms with van der Waals surface area (Å²) in [6.45, 7) is 0. The number of benzene rings is 4. The Morgan fingerprint density at radius 2 is 0.906 bits per heavy atom. The molecular formula is C26H12F4N2. The van der Waals surface area contributed by atoms with Crippen LogP contribution in [0.25, 0.3) is 33.4 Å². The summed E-state index contributed by atoms with van der Waals surface area (Å²) < 4.78 is 54.1. The molecular weight excluding hydrogens is 416 g/mol. The Morgan fingerprint density at radius 1 is 0.500 bits per heavy atom. The van der Waals surface area contributed by atoms with Gasteiger partial charge in [0.25, 0.3) is 0 Å². The lowest BCUT2D eigenvalue weighted by Crippen LogP contribution is -1.98. The van der Waals surface area contributed by atoms with Crippen molar-refractivity contribution in [3.8, 4) is 39.6 Å². The van der Waals surface area contributed by atoms with E-state index in [0.717, 1.165) is 35.4 Å². The van der Waals surface area contributed by atoms with Gasteiger partial charge in [0.05, 0.1) is 5.71 Å². The summed E-state index contributed by atoms with van der Waals surface area (Å²) >= 11 is 0. The molecule has 0 N–H and O–H groups in total. The number of rotatable bonds is 2. The first-order chi connectivity index (χ1) is 15.5. The van der Waals surface area contributed by atoms with Crippen molar-refractivity contribution in [1.82, 2.24) is 0 Å². The molecule has 154 valence electrons. The highest BCUT2D eigenvalue weighted by atomic mass is 19.2. The fraction of sp³-hybridized carbons (Fsp3) is 0. The minimum atomic E-state index is -0.951. The summed E-state index contributed by atoms with van der Waals surface area (Å²) in [6, 6.07) is 18.1. The highest BCUT2D eigenvalue weighted by Gasteiger charge is 2.26. The highest BCUT2D eigenvalue weighted by Crippen LogP contribution is 2.41. The van der Waals surface area contributed by atoms with Crippen LogP contribution in [0.1, 0.15) is 11.1 Å². The third kappa shape index (κ3) is 3.15. The Balaban J connectivity index is 1.64. The van der Waals surface area contributed by atoms with Crippen LogP contribution >= 0.6 is 0 Å². The largest absolute Gasteiger partial charge is 0.206 e. The second-order valence-corrected chi connectivity index (χ2v) is 7.34. The molecule has 4 aromatic carbocycles. The molecule has 0 amide bonds. The average Bonchev–Trinajstić information content (AvgIpc) is 3.10. The Labute approximate surface area is 180 Å². The molecule has 2 nitrogen and oxygen atoms in total. The lowest BCUT2D eigenvalue weighted by Gasteiger charge is -2.07. The monoisotopic (exact) mass is 428 g/mol. The molecule has 0 fully saturated rings. The topological polar surface area (TPSA) is 36.1 Å². The second-order valence-electron chi connectivity index (χ2n) is 7.34. The molecule has 0 heterocycles. The van der Waals surface area contributed by atoms with Gasteiger partial charge in [-0.05, 0) is 69.8 Å². The Bertz CT molecular complexity index is 1380. The number of nitrogens with zero attached hydrogens (tertiary/aromatic N) is 2. The van der Waals surface area contributed by atoms with Crippen LogP contribution < -0.4 is 0 Å².